The number of hydrogen-bond donors (Lipinski definition) is 0. The summed E-state index contributed by atoms with van der Waals surface area (Å²) in [6.07, 6.45) is 3.88. The standard InChI is InChI=1S/C22H21P/c1-4-11-19(12-5-1)22(20-13-6-2-7-14-20)17-10-18-23(22)21-15-8-3-9-16-21/h1-9,11-16H,10,17-18H2. The molecule has 0 aliphatic carbocycles. The minimum Gasteiger partial charge on any atom is -0.0622 e. The molecule has 0 aromatic heterocycles. The van der Waals surface area contributed by atoms with E-state index >= 15 is 0 Å². The lowest BCUT2D eigenvalue weighted by Gasteiger charge is -2.37. The molecule has 1 saturated heterocycles. The zero-order valence-electron chi connectivity index (χ0n) is 13.2. The highest BCUT2D eigenvalue weighted by Gasteiger charge is 2.45. The molecule has 23 heavy (non-hydrogen) atoms. The van der Waals surface area contributed by atoms with Crippen LogP contribution in [0, 0.1) is 0 Å². The Morgan fingerprint density at radius 1 is 0.609 bits per heavy atom. The summed E-state index contributed by atoms with van der Waals surface area (Å²) in [5.74, 6) is 0. The van der Waals surface area contributed by atoms with E-state index in [9.17, 15) is 0 Å². The van der Waals surface area contributed by atoms with Crippen LogP contribution in [-0.4, -0.2) is 6.16 Å². The molecule has 0 spiro atoms. The van der Waals surface area contributed by atoms with Crippen molar-refractivity contribution >= 4 is 13.2 Å². The molecule has 1 atom stereocenters. The van der Waals surface area contributed by atoms with Gasteiger partial charge in [-0.3, -0.25) is 0 Å². The van der Waals surface area contributed by atoms with Crippen LogP contribution >= 0.6 is 7.92 Å². The zero-order valence-corrected chi connectivity index (χ0v) is 14.1. The number of rotatable bonds is 3. The van der Waals surface area contributed by atoms with Gasteiger partial charge in [0.25, 0.3) is 0 Å². The predicted octanol–water partition coefficient (Wildman–Crippen LogP) is 5.53. The van der Waals surface area contributed by atoms with Crippen molar-refractivity contribution in [3.63, 3.8) is 0 Å². The summed E-state index contributed by atoms with van der Waals surface area (Å²) in [6, 6.07) is 33.5. The maximum atomic E-state index is 2.33. The molecular weight excluding hydrogens is 295 g/mol. The molecule has 0 saturated carbocycles. The summed E-state index contributed by atoms with van der Waals surface area (Å²) in [5.41, 5.74) is 2.97. The van der Waals surface area contributed by atoms with E-state index in [1.165, 1.54) is 35.4 Å². The summed E-state index contributed by atoms with van der Waals surface area (Å²) in [6.45, 7) is 0. The molecule has 1 aliphatic heterocycles. The second-order valence-corrected chi connectivity index (χ2v) is 8.77. The summed E-state index contributed by atoms with van der Waals surface area (Å²) in [7, 11) is -0.240. The Hall–Kier alpha value is -1.91. The fraction of sp³-hybridized carbons (Fsp3) is 0.182. The third-order valence-electron chi connectivity index (χ3n) is 4.95. The molecule has 1 heteroatoms. The Kier molecular flexibility index (Phi) is 4.02. The fourth-order valence-electron chi connectivity index (χ4n) is 3.97. The van der Waals surface area contributed by atoms with Crippen molar-refractivity contribution in [1.82, 2.24) is 0 Å². The van der Waals surface area contributed by atoms with Gasteiger partial charge in [0.2, 0.25) is 0 Å². The Labute approximate surface area is 139 Å². The van der Waals surface area contributed by atoms with E-state index in [0.717, 1.165) is 0 Å². The van der Waals surface area contributed by atoms with Crippen molar-refractivity contribution in [2.75, 3.05) is 6.16 Å². The van der Waals surface area contributed by atoms with Crippen LogP contribution < -0.4 is 5.30 Å². The first-order valence-electron chi connectivity index (χ1n) is 8.35. The summed E-state index contributed by atoms with van der Waals surface area (Å²) in [4.78, 5) is 0. The van der Waals surface area contributed by atoms with Crippen LogP contribution in [0.15, 0.2) is 91.0 Å². The molecule has 1 heterocycles. The molecule has 0 radical (unpaired) electrons. The van der Waals surface area contributed by atoms with Crippen molar-refractivity contribution < 1.29 is 0 Å². The molecule has 3 aromatic carbocycles. The van der Waals surface area contributed by atoms with E-state index in [2.05, 4.69) is 91.0 Å². The quantitative estimate of drug-likeness (QED) is 0.557. The molecule has 0 nitrogen and oxygen atoms in total. The number of benzene rings is 3. The largest absolute Gasteiger partial charge is 0.0622 e. The van der Waals surface area contributed by atoms with Gasteiger partial charge in [0, 0.05) is 5.16 Å². The zero-order chi connectivity index (χ0) is 15.5. The summed E-state index contributed by atoms with van der Waals surface area (Å²) < 4.78 is 0. The molecule has 1 aliphatic rings. The first kappa shape index (κ1) is 14.7. The lowest BCUT2D eigenvalue weighted by molar-refractivity contribution is 0.680. The molecule has 0 N–H and O–H groups in total. The SMILES string of the molecule is c1ccc(P2CCCC2(c2ccccc2)c2ccccc2)cc1. The van der Waals surface area contributed by atoms with Gasteiger partial charge in [-0.1, -0.05) is 98.9 Å². The highest BCUT2D eigenvalue weighted by atomic mass is 31.1. The van der Waals surface area contributed by atoms with Crippen molar-refractivity contribution in [2.24, 2.45) is 0 Å². The van der Waals surface area contributed by atoms with E-state index in [1.54, 1.807) is 0 Å². The predicted molar refractivity (Wildman–Crippen MR) is 101 cm³/mol. The molecule has 0 amide bonds. The highest BCUT2D eigenvalue weighted by Crippen LogP contribution is 2.66. The average molecular weight is 316 g/mol. The maximum Gasteiger partial charge on any atom is 0.0442 e. The smallest absolute Gasteiger partial charge is 0.0442 e. The Bertz CT molecular complexity index is 710. The molecular formula is C22H21P. The first-order chi connectivity index (χ1) is 11.4. The van der Waals surface area contributed by atoms with Crippen molar-refractivity contribution in [3.8, 4) is 0 Å². The van der Waals surface area contributed by atoms with E-state index in [4.69, 9.17) is 0 Å². The van der Waals surface area contributed by atoms with Crippen LogP contribution in [0.4, 0.5) is 0 Å². The average Bonchev–Trinajstić information content (AvgIpc) is 3.10. The molecule has 0 bridgehead atoms. The number of hydrogen-bond acceptors (Lipinski definition) is 0. The van der Waals surface area contributed by atoms with Crippen LogP contribution in [0.1, 0.15) is 24.0 Å². The second kappa shape index (κ2) is 6.30. The van der Waals surface area contributed by atoms with E-state index in [1.807, 2.05) is 0 Å². The summed E-state index contributed by atoms with van der Waals surface area (Å²) in [5, 5.41) is 1.70. The normalized spacial score (nSPS) is 19.6. The molecule has 1 fully saturated rings. The van der Waals surface area contributed by atoms with Crippen molar-refractivity contribution in [1.29, 1.82) is 0 Å². The Morgan fingerprint density at radius 2 is 1.09 bits per heavy atom. The van der Waals surface area contributed by atoms with Gasteiger partial charge in [-0.05, 0) is 35.4 Å². The van der Waals surface area contributed by atoms with Gasteiger partial charge in [-0.2, -0.15) is 0 Å². The van der Waals surface area contributed by atoms with Gasteiger partial charge >= 0.3 is 0 Å². The molecule has 1 unspecified atom stereocenters. The lowest BCUT2D eigenvalue weighted by Crippen LogP contribution is -2.26. The van der Waals surface area contributed by atoms with Gasteiger partial charge in [0.1, 0.15) is 0 Å². The lowest BCUT2D eigenvalue weighted by atomic mass is 9.87. The third-order valence-corrected chi connectivity index (χ3v) is 8.30. The van der Waals surface area contributed by atoms with Gasteiger partial charge in [-0.25, -0.2) is 0 Å². The van der Waals surface area contributed by atoms with E-state index in [0.29, 0.717) is 0 Å². The third kappa shape index (κ3) is 2.52. The van der Waals surface area contributed by atoms with Crippen molar-refractivity contribution in [2.45, 2.75) is 18.0 Å². The second-order valence-electron chi connectivity index (χ2n) is 6.18. The van der Waals surface area contributed by atoms with Gasteiger partial charge in [0.15, 0.2) is 0 Å². The van der Waals surface area contributed by atoms with Gasteiger partial charge in [0.05, 0.1) is 0 Å². The molecule has 4 rings (SSSR count). The Morgan fingerprint density at radius 3 is 1.61 bits per heavy atom. The first-order valence-corrected chi connectivity index (χ1v) is 9.88. The van der Waals surface area contributed by atoms with Crippen LogP contribution in [0.3, 0.4) is 0 Å². The van der Waals surface area contributed by atoms with E-state index in [-0.39, 0.29) is 13.1 Å². The minimum atomic E-state index is -0.240. The van der Waals surface area contributed by atoms with Crippen molar-refractivity contribution in [3.05, 3.63) is 102 Å². The van der Waals surface area contributed by atoms with E-state index < -0.39 is 0 Å². The monoisotopic (exact) mass is 316 g/mol. The minimum absolute atomic E-state index is 0.166. The molecule has 3 aromatic rings. The van der Waals surface area contributed by atoms with Crippen LogP contribution in [0.25, 0.3) is 0 Å². The highest BCUT2D eigenvalue weighted by molar-refractivity contribution is 7.67. The summed E-state index contributed by atoms with van der Waals surface area (Å²) >= 11 is 0. The fourth-order valence-corrected chi connectivity index (χ4v) is 7.41. The van der Waals surface area contributed by atoms with Gasteiger partial charge in [-0.15, -0.1) is 0 Å². The maximum absolute atomic E-state index is 2.33. The van der Waals surface area contributed by atoms with Crippen LogP contribution in [0.2, 0.25) is 0 Å². The van der Waals surface area contributed by atoms with Crippen LogP contribution in [-0.2, 0) is 5.16 Å². The topological polar surface area (TPSA) is 0 Å². The van der Waals surface area contributed by atoms with Gasteiger partial charge < -0.3 is 0 Å². The molecule has 114 valence electrons. The van der Waals surface area contributed by atoms with Crippen LogP contribution in [0.5, 0.6) is 0 Å². The Balaban J connectivity index is 1.93.